The third-order valence-corrected chi connectivity index (χ3v) is 6.05. The maximum atomic E-state index is 13.1. The van der Waals surface area contributed by atoms with Crippen molar-refractivity contribution >= 4 is 11.9 Å². The molecule has 1 unspecified atom stereocenters. The second-order valence-corrected chi connectivity index (χ2v) is 8.77. The lowest BCUT2D eigenvalue weighted by atomic mass is 9.93. The van der Waals surface area contributed by atoms with Gasteiger partial charge in [-0.3, -0.25) is 4.79 Å². The first-order valence-electron chi connectivity index (χ1n) is 10.9. The van der Waals surface area contributed by atoms with Gasteiger partial charge in [-0.25, -0.2) is 4.79 Å². The Kier molecular flexibility index (Phi) is 6.97. The lowest BCUT2D eigenvalue weighted by Crippen LogP contribution is -2.51. The van der Waals surface area contributed by atoms with Gasteiger partial charge < -0.3 is 15.1 Å². The molecule has 1 saturated carbocycles. The predicted octanol–water partition coefficient (Wildman–Crippen LogP) is 4.13. The van der Waals surface area contributed by atoms with E-state index in [4.69, 9.17) is 0 Å². The van der Waals surface area contributed by atoms with Crippen LogP contribution in [0.1, 0.15) is 70.0 Å². The fourth-order valence-electron chi connectivity index (χ4n) is 4.54. The lowest BCUT2D eigenvalue weighted by molar-refractivity contribution is -0.134. The maximum absolute atomic E-state index is 13.1. The summed E-state index contributed by atoms with van der Waals surface area (Å²) in [5.74, 6) is 0.367. The largest absolute Gasteiger partial charge is 0.335 e. The summed E-state index contributed by atoms with van der Waals surface area (Å²) in [6.07, 6.45) is 6.60. The molecule has 1 fully saturated rings. The van der Waals surface area contributed by atoms with Crippen LogP contribution >= 0.6 is 0 Å². The van der Waals surface area contributed by atoms with E-state index in [0.29, 0.717) is 12.5 Å². The fraction of sp³-hybridized carbons (Fsp3) is 0.652. The molecule has 3 rings (SSSR count). The highest BCUT2D eigenvalue weighted by Crippen LogP contribution is 2.29. The Hall–Kier alpha value is -2.04. The third kappa shape index (κ3) is 5.06. The molecule has 28 heavy (non-hydrogen) atoms. The molecule has 154 valence electrons. The van der Waals surface area contributed by atoms with Crippen LogP contribution in [0.4, 0.5) is 4.79 Å². The van der Waals surface area contributed by atoms with Crippen LogP contribution in [-0.2, 0) is 11.2 Å². The first-order valence-corrected chi connectivity index (χ1v) is 10.9. The minimum absolute atomic E-state index is 0.0430. The molecule has 5 nitrogen and oxygen atoms in total. The molecular weight excluding hydrogens is 350 g/mol. The number of hydrogen-bond donors (Lipinski definition) is 1. The van der Waals surface area contributed by atoms with Gasteiger partial charge in [0, 0.05) is 19.1 Å². The van der Waals surface area contributed by atoms with E-state index in [0.717, 1.165) is 25.8 Å². The average molecular weight is 386 g/mol. The molecule has 1 aliphatic heterocycles. The molecule has 0 saturated heterocycles. The summed E-state index contributed by atoms with van der Waals surface area (Å²) in [7, 11) is 0. The molecule has 0 radical (unpaired) electrons. The molecule has 0 bridgehead atoms. The number of urea groups is 1. The van der Waals surface area contributed by atoms with E-state index < -0.39 is 0 Å². The summed E-state index contributed by atoms with van der Waals surface area (Å²) in [5, 5.41) is 3.18. The van der Waals surface area contributed by atoms with Crippen molar-refractivity contribution < 1.29 is 9.59 Å². The van der Waals surface area contributed by atoms with Gasteiger partial charge in [-0.05, 0) is 43.2 Å². The van der Waals surface area contributed by atoms with E-state index in [9.17, 15) is 9.59 Å². The van der Waals surface area contributed by atoms with E-state index in [1.807, 2.05) is 11.0 Å². The molecule has 5 heteroatoms. The van der Waals surface area contributed by atoms with Gasteiger partial charge in [0.1, 0.15) is 6.54 Å². The average Bonchev–Trinajstić information content (AvgIpc) is 2.68. The second-order valence-electron chi connectivity index (χ2n) is 8.77. The Bertz CT molecular complexity index is 682. The third-order valence-electron chi connectivity index (χ3n) is 6.05. The minimum Gasteiger partial charge on any atom is -0.335 e. The van der Waals surface area contributed by atoms with Crippen molar-refractivity contribution in [1.29, 1.82) is 0 Å². The van der Waals surface area contributed by atoms with Crippen LogP contribution in [0.25, 0.3) is 0 Å². The number of carbonyl (C=O) groups is 2. The van der Waals surface area contributed by atoms with E-state index >= 15 is 0 Å². The van der Waals surface area contributed by atoms with Crippen molar-refractivity contribution in [2.75, 3.05) is 19.6 Å². The zero-order valence-corrected chi connectivity index (χ0v) is 17.6. The van der Waals surface area contributed by atoms with Gasteiger partial charge in [0.05, 0.1) is 6.04 Å². The van der Waals surface area contributed by atoms with Gasteiger partial charge in [0.2, 0.25) is 5.91 Å². The zero-order valence-electron chi connectivity index (χ0n) is 17.6. The second kappa shape index (κ2) is 9.44. The summed E-state index contributed by atoms with van der Waals surface area (Å²) in [6, 6.07) is 8.58. The van der Waals surface area contributed by atoms with Crippen LogP contribution in [0, 0.1) is 5.92 Å². The van der Waals surface area contributed by atoms with Gasteiger partial charge in [-0.15, -0.1) is 0 Å². The quantitative estimate of drug-likeness (QED) is 0.828. The molecule has 2 aliphatic rings. The molecule has 0 spiro atoms. The molecule has 3 amide bonds. The van der Waals surface area contributed by atoms with E-state index in [1.54, 1.807) is 4.90 Å². The van der Waals surface area contributed by atoms with Crippen molar-refractivity contribution in [3.05, 3.63) is 35.4 Å². The standard InChI is InChI=1S/C23H35N3O2/c1-17(2)15-25(23(28)24-20-10-5-4-6-11-20)16-22(27)26-14-13-19-9-7-8-12-21(19)18(26)3/h7-9,12,17-18,20H,4-6,10-11,13-16H2,1-3H3,(H,24,28). The summed E-state index contributed by atoms with van der Waals surface area (Å²) in [6.45, 7) is 7.74. The number of fused-ring (bicyclic) bond motifs is 1. The van der Waals surface area contributed by atoms with Gasteiger partial charge in [0.25, 0.3) is 0 Å². The Morgan fingerprint density at radius 3 is 2.61 bits per heavy atom. The van der Waals surface area contributed by atoms with Gasteiger partial charge in [-0.1, -0.05) is 57.4 Å². The number of benzene rings is 1. The van der Waals surface area contributed by atoms with Crippen LogP contribution in [0.2, 0.25) is 0 Å². The van der Waals surface area contributed by atoms with Crippen molar-refractivity contribution in [3.8, 4) is 0 Å². The highest BCUT2D eigenvalue weighted by Gasteiger charge is 2.30. The highest BCUT2D eigenvalue weighted by atomic mass is 16.2. The van der Waals surface area contributed by atoms with Crippen LogP contribution in [0.5, 0.6) is 0 Å². The Morgan fingerprint density at radius 2 is 1.89 bits per heavy atom. The normalized spacial score (nSPS) is 20.0. The summed E-state index contributed by atoms with van der Waals surface area (Å²) < 4.78 is 0. The highest BCUT2D eigenvalue weighted by molar-refractivity contribution is 5.84. The van der Waals surface area contributed by atoms with Gasteiger partial charge in [-0.2, -0.15) is 0 Å². The first-order chi connectivity index (χ1) is 13.5. The smallest absolute Gasteiger partial charge is 0.318 e. The molecule has 1 aromatic carbocycles. The maximum Gasteiger partial charge on any atom is 0.318 e. The summed E-state index contributed by atoms with van der Waals surface area (Å²) in [5.41, 5.74) is 2.55. The Balaban J connectivity index is 1.65. The van der Waals surface area contributed by atoms with Crippen LogP contribution in [0.3, 0.4) is 0 Å². The molecule has 1 heterocycles. The molecule has 1 aliphatic carbocycles. The van der Waals surface area contributed by atoms with E-state index in [2.05, 4.69) is 44.3 Å². The number of rotatable bonds is 5. The van der Waals surface area contributed by atoms with Crippen molar-refractivity contribution in [3.63, 3.8) is 0 Å². The Morgan fingerprint density at radius 1 is 1.18 bits per heavy atom. The minimum atomic E-state index is -0.0842. The fourth-order valence-corrected chi connectivity index (χ4v) is 4.54. The number of amides is 3. The summed E-state index contributed by atoms with van der Waals surface area (Å²) >= 11 is 0. The van der Waals surface area contributed by atoms with Crippen LogP contribution < -0.4 is 5.32 Å². The van der Waals surface area contributed by atoms with E-state index in [-0.39, 0.29) is 30.6 Å². The summed E-state index contributed by atoms with van der Waals surface area (Å²) in [4.78, 5) is 29.7. The number of nitrogens with zero attached hydrogens (tertiary/aromatic N) is 2. The van der Waals surface area contributed by atoms with Crippen molar-refractivity contribution in [1.82, 2.24) is 15.1 Å². The van der Waals surface area contributed by atoms with Crippen LogP contribution in [0.15, 0.2) is 24.3 Å². The molecule has 1 atom stereocenters. The zero-order chi connectivity index (χ0) is 20.1. The van der Waals surface area contributed by atoms with Crippen molar-refractivity contribution in [2.45, 2.75) is 71.4 Å². The number of carbonyl (C=O) groups excluding carboxylic acids is 2. The predicted molar refractivity (Wildman–Crippen MR) is 112 cm³/mol. The topological polar surface area (TPSA) is 52.7 Å². The molecule has 0 aromatic heterocycles. The van der Waals surface area contributed by atoms with Crippen LogP contribution in [-0.4, -0.2) is 47.4 Å². The van der Waals surface area contributed by atoms with E-state index in [1.165, 1.54) is 30.4 Å². The first kappa shape index (κ1) is 20.7. The van der Waals surface area contributed by atoms with Gasteiger partial charge >= 0.3 is 6.03 Å². The molecule has 1 N–H and O–H groups in total. The van der Waals surface area contributed by atoms with Gasteiger partial charge in [0.15, 0.2) is 0 Å². The lowest BCUT2D eigenvalue weighted by Gasteiger charge is -2.37. The SMILES string of the molecule is CC(C)CN(CC(=O)N1CCc2ccccc2C1C)C(=O)NC1CCCCC1. The van der Waals surface area contributed by atoms with Crippen molar-refractivity contribution in [2.24, 2.45) is 5.92 Å². The monoisotopic (exact) mass is 385 g/mol. The number of hydrogen-bond acceptors (Lipinski definition) is 2. The number of nitrogens with one attached hydrogen (secondary N) is 1. The molecule has 1 aromatic rings. The Labute approximate surface area is 169 Å². The molecular formula is C23H35N3O2.